The summed E-state index contributed by atoms with van der Waals surface area (Å²) in [5, 5.41) is 0. The van der Waals surface area contributed by atoms with Crippen LogP contribution in [-0.2, 0) is 11.8 Å². The third kappa shape index (κ3) is 1.17. The van der Waals surface area contributed by atoms with E-state index >= 15 is 0 Å². The average molecular weight is 217 g/mol. The Kier molecular flexibility index (Phi) is 2.05. The van der Waals surface area contributed by atoms with Crippen LogP contribution in [-0.4, -0.2) is 13.2 Å². The van der Waals surface area contributed by atoms with Gasteiger partial charge in [0.1, 0.15) is 5.75 Å². The third-order valence-electron chi connectivity index (χ3n) is 4.69. The van der Waals surface area contributed by atoms with Crippen LogP contribution in [0.1, 0.15) is 30.9 Å². The van der Waals surface area contributed by atoms with Crippen molar-refractivity contribution in [2.45, 2.75) is 37.6 Å². The lowest BCUT2D eigenvalue weighted by atomic mass is 9.69. The van der Waals surface area contributed by atoms with E-state index in [2.05, 4.69) is 25.1 Å². The minimum Gasteiger partial charge on any atom is -0.497 e. The fourth-order valence-electron chi connectivity index (χ4n) is 3.57. The maximum absolute atomic E-state index is 6.38. The minimum absolute atomic E-state index is 0.173. The molecule has 2 aliphatic rings. The average Bonchev–Trinajstić information content (AvgIpc) is 2.50. The Hall–Kier alpha value is -1.02. The first-order valence-electron chi connectivity index (χ1n) is 6.08. The second-order valence-corrected chi connectivity index (χ2v) is 5.47. The zero-order chi connectivity index (χ0) is 11.3. The van der Waals surface area contributed by atoms with Gasteiger partial charge in [-0.2, -0.15) is 0 Å². The number of ether oxygens (including phenoxy) is 1. The van der Waals surface area contributed by atoms with E-state index in [1.807, 2.05) is 0 Å². The summed E-state index contributed by atoms with van der Waals surface area (Å²) in [5.74, 6) is 1.64. The lowest BCUT2D eigenvalue weighted by Crippen LogP contribution is -2.46. The van der Waals surface area contributed by atoms with Crippen molar-refractivity contribution < 1.29 is 4.74 Å². The summed E-state index contributed by atoms with van der Waals surface area (Å²) in [7, 11) is 1.73. The largest absolute Gasteiger partial charge is 0.497 e. The zero-order valence-corrected chi connectivity index (χ0v) is 9.99. The molecule has 1 aromatic carbocycles. The van der Waals surface area contributed by atoms with E-state index in [9.17, 15) is 0 Å². The van der Waals surface area contributed by atoms with Gasteiger partial charge in [-0.1, -0.05) is 13.0 Å². The van der Waals surface area contributed by atoms with Gasteiger partial charge in [-0.15, -0.1) is 0 Å². The first-order chi connectivity index (χ1) is 7.65. The van der Waals surface area contributed by atoms with Crippen LogP contribution in [0, 0.1) is 5.92 Å². The van der Waals surface area contributed by atoms with Gasteiger partial charge in [0.15, 0.2) is 0 Å². The molecule has 16 heavy (non-hydrogen) atoms. The molecule has 3 atom stereocenters. The quantitative estimate of drug-likeness (QED) is 0.783. The molecule has 0 aromatic heterocycles. The molecule has 2 heteroatoms. The summed E-state index contributed by atoms with van der Waals surface area (Å²) in [6, 6.07) is 6.80. The van der Waals surface area contributed by atoms with E-state index in [4.69, 9.17) is 10.5 Å². The van der Waals surface area contributed by atoms with Gasteiger partial charge >= 0.3 is 0 Å². The highest BCUT2D eigenvalue weighted by Crippen LogP contribution is 2.50. The summed E-state index contributed by atoms with van der Waals surface area (Å²) in [6.07, 6.45) is 3.64. The van der Waals surface area contributed by atoms with Crippen LogP contribution in [0.15, 0.2) is 18.2 Å². The SMILES string of the molecule is COc1ccc2c(c1)[C@@]1(C)CCC(C2)[C@@H]1N. The zero-order valence-electron chi connectivity index (χ0n) is 9.99. The Morgan fingerprint density at radius 1 is 1.44 bits per heavy atom. The second kappa shape index (κ2) is 3.24. The van der Waals surface area contributed by atoms with Crippen molar-refractivity contribution in [2.75, 3.05) is 7.11 Å². The normalized spacial score (nSPS) is 35.9. The molecule has 3 rings (SSSR count). The lowest BCUT2D eigenvalue weighted by molar-refractivity contribution is 0.343. The molecule has 0 amide bonds. The Labute approximate surface area is 96.8 Å². The smallest absolute Gasteiger partial charge is 0.119 e. The van der Waals surface area contributed by atoms with Crippen molar-refractivity contribution in [3.63, 3.8) is 0 Å². The predicted octanol–water partition coefficient (Wildman–Crippen LogP) is 2.25. The van der Waals surface area contributed by atoms with Crippen molar-refractivity contribution in [3.8, 4) is 5.75 Å². The minimum atomic E-state index is 0.173. The standard InChI is InChI=1S/C14H19NO/c1-14-6-5-10(13(14)15)7-9-3-4-11(16-2)8-12(9)14/h3-4,8,10,13H,5-7,15H2,1-2H3/t10?,13-,14+/m0/s1. The molecule has 2 N–H and O–H groups in total. The van der Waals surface area contributed by atoms with E-state index in [0.29, 0.717) is 12.0 Å². The van der Waals surface area contributed by atoms with Crippen LogP contribution < -0.4 is 10.5 Å². The van der Waals surface area contributed by atoms with Crippen LogP contribution in [0.4, 0.5) is 0 Å². The summed E-state index contributed by atoms with van der Waals surface area (Å²) in [5.41, 5.74) is 9.46. The van der Waals surface area contributed by atoms with E-state index in [-0.39, 0.29) is 5.41 Å². The van der Waals surface area contributed by atoms with Crippen molar-refractivity contribution in [1.82, 2.24) is 0 Å². The molecule has 0 aliphatic heterocycles. The number of hydrogen-bond acceptors (Lipinski definition) is 2. The van der Waals surface area contributed by atoms with E-state index in [1.54, 1.807) is 7.11 Å². The monoisotopic (exact) mass is 217 g/mol. The highest BCUT2D eigenvalue weighted by atomic mass is 16.5. The van der Waals surface area contributed by atoms with Gasteiger partial charge in [0.25, 0.3) is 0 Å². The molecule has 0 spiro atoms. The number of hydrogen-bond donors (Lipinski definition) is 1. The Bertz CT molecular complexity index is 429. The van der Waals surface area contributed by atoms with Crippen molar-refractivity contribution >= 4 is 0 Å². The van der Waals surface area contributed by atoms with Gasteiger partial charge in [-0.05, 0) is 48.4 Å². The molecule has 0 heterocycles. The Morgan fingerprint density at radius 2 is 2.25 bits per heavy atom. The number of nitrogens with two attached hydrogens (primary N) is 1. The van der Waals surface area contributed by atoms with E-state index in [0.717, 1.165) is 12.2 Å². The molecule has 1 saturated carbocycles. The molecule has 86 valence electrons. The highest BCUT2D eigenvalue weighted by molar-refractivity contribution is 5.45. The molecule has 0 saturated heterocycles. The topological polar surface area (TPSA) is 35.2 Å². The number of rotatable bonds is 1. The lowest BCUT2D eigenvalue weighted by Gasteiger charge is -2.38. The van der Waals surface area contributed by atoms with Gasteiger partial charge < -0.3 is 10.5 Å². The first kappa shape index (κ1) is 10.2. The highest BCUT2D eigenvalue weighted by Gasteiger charge is 2.48. The number of methoxy groups -OCH3 is 1. The summed E-state index contributed by atoms with van der Waals surface area (Å²) < 4.78 is 5.33. The van der Waals surface area contributed by atoms with Gasteiger partial charge in [0, 0.05) is 11.5 Å². The Morgan fingerprint density at radius 3 is 3.00 bits per heavy atom. The van der Waals surface area contributed by atoms with Crippen LogP contribution in [0.5, 0.6) is 5.75 Å². The second-order valence-electron chi connectivity index (χ2n) is 5.47. The molecular formula is C14H19NO. The predicted molar refractivity (Wildman–Crippen MR) is 64.7 cm³/mol. The van der Waals surface area contributed by atoms with Crippen molar-refractivity contribution in [3.05, 3.63) is 29.3 Å². The van der Waals surface area contributed by atoms with Crippen molar-refractivity contribution in [1.29, 1.82) is 0 Å². The van der Waals surface area contributed by atoms with Gasteiger partial charge in [-0.3, -0.25) is 0 Å². The maximum atomic E-state index is 6.38. The summed E-state index contributed by atoms with van der Waals surface area (Å²) in [4.78, 5) is 0. The fraction of sp³-hybridized carbons (Fsp3) is 0.571. The van der Waals surface area contributed by atoms with E-state index in [1.165, 1.54) is 24.0 Å². The first-order valence-corrected chi connectivity index (χ1v) is 6.08. The maximum Gasteiger partial charge on any atom is 0.119 e. The van der Waals surface area contributed by atoms with Gasteiger partial charge in [0.05, 0.1) is 7.11 Å². The van der Waals surface area contributed by atoms with Crippen LogP contribution in [0.2, 0.25) is 0 Å². The van der Waals surface area contributed by atoms with Crippen LogP contribution in [0.25, 0.3) is 0 Å². The molecule has 1 unspecified atom stereocenters. The van der Waals surface area contributed by atoms with Crippen LogP contribution in [0.3, 0.4) is 0 Å². The molecule has 0 radical (unpaired) electrons. The fourth-order valence-corrected chi connectivity index (χ4v) is 3.57. The van der Waals surface area contributed by atoms with Crippen molar-refractivity contribution in [2.24, 2.45) is 11.7 Å². The van der Waals surface area contributed by atoms with Gasteiger partial charge in [0.2, 0.25) is 0 Å². The summed E-state index contributed by atoms with van der Waals surface area (Å²) in [6.45, 7) is 2.31. The molecule has 2 nitrogen and oxygen atoms in total. The molecule has 1 fully saturated rings. The molecule has 1 aromatic rings. The number of fused-ring (bicyclic) bond motifs is 4. The number of benzene rings is 1. The molecule has 2 aliphatic carbocycles. The third-order valence-corrected chi connectivity index (χ3v) is 4.69. The summed E-state index contributed by atoms with van der Waals surface area (Å²) >= 11 is 0. The van der Waals surface area contributed by atoms with E-state index < -0.39 is 0 Å². The molecular weight excluding hydrogens is 198 g/mol. The molecule has 2 bridgehead atoms. The van der Waals surface area contributed by atoms with Crippen LogP contribution >= 0.6 is 0 Å². The van der Waals surface area contributed by atoms with Gasteiger partial charge in [-0.25, -0.2) is 0 Å². The Balaban J connectivity index is 2.15.